The largest absolute Gasteiger partial charge is 0.379 e. The summed E-state index contributed by atoms with van der Waals surface area (Å²) in [6.07, 6.45) is 0. The van der Waals surface area contributed by atoms with E-state index in [4.69, 9.17) is 5.26 Å². The van der Waals surface area contributed by atoms with Gasteiger partial charge in [0.2, 0.25) is 0 Å². The van der Waals surface area contributed by atoms with Crippen LogP contribution in [-0.2, 0) is 12.0 Å². The second-order valence-corrected chi connectivity index (χ2v) is 6.75. The number of hydrogen-bond acceptors (Lipinski definition) is 4. The van der Waals surface area contributed by atoms with Crippen LogP contribution in [0.25, 0.3) is 0 Å². The predicted octanol–water partition coefficient (Wildman–Crippen LogP) is 4.23. The van der Waals surface area contributed by atoms with Crippen molar-refractivity contribution in [3.8, 4) is 6.07 Å². The molecule has 4 heteroatoms. The van der Waals surface area contributed by atoms with Crippen molar-refractivity contribution in [1.82, 2.24) is 4.98 Å². The van der Waals surface area contributed by atoms with Gasteiger partial charge in [0.25, 0.3) is 0 Å². The molecule has 1 heterocycles. The standard InChI is InChI=1S/C16H19N3S/c1-11-5-6-12(8-17)7-14(11)18-9-13-10-20-15(19-13)16(2,3)4/h5-7,10,18H,9H2,1-4H3. The Morgan fingerprint density at radius 2 is 2.10 bits per heavy atom. The Bertz CT molecular complexity index is 644. The lowest BCUT2D eigenvalue weighted by molar-refractivity contribution is 0.583. The summed E-state index contributed by atoms with van der Waals surface area (Å²) < 4.78 is 0. The van der Waals surface area contributed by atoms with E-state index in [0.717, 1.165) is 22.0 Å². The van der Waals surface area contributed by atoms with Gasteiger partial charge in [0.15, 0.2) is 0 Å². The van der Waals surface area contributed by atoms with E-state index in [2.05, 4.69) is 42.5 Å². The second-order valence-electron chi connectivity index (χ2n) is 5.89. The van der Waals surface area contributed by atoms with Gasteiger partial charge in [-0.05, 0) is 24.6 Å². The zero-order chi connectivity index (χ0) is 14.8. The van der Waals surface area contributed by atoms with Gasteiger partial charge in [-0.25, -0.2) is 4.98 Å². The first-order valence-electron chi connectivity index (χ1n) is 6.59. The van der Waals surface area contributed by atoms with E-state index in [0.29, 0.717) is 12.1 Å². The van der Waals surface area contributed by atoms with Crippen molar-refractivity contribution in [3.05, 3.63) is 45.4 Å². The fourth-order valence-electron chi connectivity index (χ4n) is 1.80. The first-order chi connectivity index (χ1) is 9.40. The van der Waals surface area contributed by atoms with Crippen molar-refractivity contribution in [2.75, 3.05) is 5.32 Å². The molecule has 0 spiro atoms. The Kier molecular flexibility index (Phi) is 4.10. The number of aryl methyl sites for hydroxylation is 1. The van der Waals surface area contributed by atoms with Crippen molar-refractivity contribution < 1.29 is 0 Å². The van der Waals surface area contributed by atoms with E-state index < -0.39 is 0 Å². The topological polar surface area (TPSA) is 48.7 Å². The molecule has 0 aliphatic rings. The molecule has 1 aromatic carbocycles. The molecule has 0 atom stereocenters. The molecular weight excluding hydrogens is 266 g/mol. The van der Waals surface area contributed by atoms with Crippen LogP contribution in [0.4, 0.5) is 5.69 Å². The molecule has 2 rings (SSSR count). The summed E-state index contributed by atoms with van der Waals surface area (Å²) in [4.78, 5) is 4.66. The molecule has 104 valence electrons. The fraction of sp³-hybridized carbons (Fsp3) is 0.375. The number of hydrogen-bond donors (Lipinski definition) is 1. The van der Waals surface area contributed by atoms with Gasteiger partial charge in [0, 0.05) is 16.5 Å². The Morgan fingerprint density at radius 3 is 2.70 bits per heavy atom. The summed E-state index contributed by atoms with van der Waals surface area (Å²) in [6.45, 7) is 9.23. The van der Waals surface area contributed by atoms with Gasteiger partial charge >= 0.3 is 0 Å². The van der Waals surface area contributed by atoms with Crippen LogP contribution in [0.15, 0.2) is 23.6 Å². The van der Waals surface area contributed by atoms with Crippen molar-refractivity contribution in [2.24, 2.45) is 0 Å². The lowest BCUT2D eigenvalue weighted by atomic mass is 9.98. The third kappa shape index (κ3) is 3.37. The van der Waals surface area contributed by atoms with E-state index in [1.807, 2.05) is 25.1 Å². The third-order valence-corrected chi connectivity index (χ3v) is 4.34. The second kappa shape index (κ2) is 5.64. The van der Waals surface area contributed by atoms with Gasteiger partial charge in [-0.15, -0.1) is 11.3 Å². The third-order valence-electron chi connectivity index (χ3n) is 3.02. The Hall–Kier alpha value is -1.86. The summed E-state index contributed by atoms with van der Waals surface area (Å²) in [5.41, 5.74) is 3.94. The van der Waals surface area contributed by atoms with Crippen molar-refractivity contribution in [3.63, 3.8) is 0 Å². The number of anilines is 1. The van der Waals surface area contributed by atoms with Crippen molar-refractivity contribution in [1.29, 1.82) is 5.26 Å². The first-order valence-corrected chi connectivity index (χ1v) is 7.47. The molecule has 0 aliphatic carbocycles. The normalized spacial score (nSPS) is 11.2. The molecule has 0 aliphatic heterocycles. The zero-order valence-corrected chi connectivity index (χ0v) is 13.1. The highest BCUT2D eigenvalue weighted by molar-refractivity contribution is 7.09. The summed E-state index contributed by atoms with van der Waals surface area (Å²) in [5.74, 6) is 0. The molecule has 1 aromatic heterocycles. The summed E-state index contributed by atoms with van der Waals surface area (Å²) in [7, 11) is 0. The monoisotopic (exact) mass is 285 g/mol. The predicted molar refractivity (Wildman–Crippen MR) is 84.0 cm³/mol. The molecule has 20 heavy (non-hydrogen) atoms. The van der Waals surface area contributed by atoms with E-state index in [9.17, 15) is 0 Å². The number of nitrogens with one attached hydrogen (secondary N) is 1. The first kappa shape index (κ1) is 14.5. The lowest BCUT2D eigenvalue weighted by Crippen LogP contribution is -2.11. The maximum Gasteiger partial charge on any atom is 0.0992 e. The summed E-state index contributed by atoms with van der Waals surface area (Å²) >= 11 is 1.70. The van der Waals surface area contributed by atoms with E-state index in [-0.39, 0.29) is 5.41 Å². The Balaban J connectivity index is 2.09. The number of nitriles is 1. The molecule has 0 unspecified atom stereocenters. The average Bonchev–Trinajstić information content (AvgIpc) is 2.86. The minimum Gasteiger partial charge on any atom is -0.379 e. The summed E-state index contributed by atoms with van der Waals surface area (Å²) in [6, 6.07) is 7.84. The zero-order valence-electron chi connectivity index (χ0n) is 12.3. The number of thiazole rings is 1. The van der Waals surface area contributed by atoms with Crippen molar-refractivity contribution >= 4 is 17.0 Å². The molecule has 1 N–H and O–H groups in total. The van der Waals surface area contributed by atoms with Crippen LogP contribution in [-0.4, -0.2) is 4.98 Å². The molecule has 0 saturated carbocycles. The smallest absolute Gasteiger partial charge is 0.0992 e. The number of nitrogens with zero attached hydrogens (tertiary/aromatic N) is 2. The highest BCUT2D eigenvalue weighted by atomic mass is 32.1. The highest BCUT2D eigenvalue weighted by Gasteiger charge is 2.17. The van der Waals surface area contributed by atoms with Crippen LogP contribution in [0.5, 0.6) is 0 Å². The maximum atomic E-state index is 8.94. The molecule has 2 aromatic rings. The van der Waals surface area contributed by atoms with Crippen LogP contribution in [0, 0.1) is 18.3 Å². The average molecular weight is 285 g/mol. The van der Waals surface area contributed by atoms with Crippen LogP contribution in [0.2, 0.25) is 0 Å². The van der Waals surface area contributed by atoms with E-state index in [1.54, 1.807) is 11.3 Å². The van der Waals surface area contributed by atoms with Crippen LogP contribution in [0.1, 0.15) is 42.6 Å². The van der Waals surface area contributed by atoms with Crippen LogP contribution < -0.4 is 5.32 Å². The minimum atomic E-state index is 0.0968. The van der Waals surface area contributed by atoms with E-state index >= 15 is 0 Å². The fourth-order valence-corrected chi connectivity index (χ4v) is 2.71. The van der Waals surface area contributed by atoms with E-state index in [1.165, 1.54) is 0 Å². The lowest BCUT2D eigenvalue weighted by Gasteiger charge is -2.13. The maximum absolute atomic E-state index is 8.94. The highest BCUT2D eigenvalue weighted by Crippen LogP contribution is 2.26. The van der Waals surface area contributed by atoms with Gasteiger partial charge in [-0.3, -0.25) is 0 Å². The molecule has 3 nitrogen and oxygen atoms in total. The molecule has 0 bridgehead atoms. The van der Waals surface area contributed by atoms with Gasteiger partial charge in [0.1, 0.15) is 0 Å². The van der Waals surface area contributed by atoms with Gasteiger partial charge in [-0.1, -0.05) is 26.8 Å². The SMILES string of the molecule is Cc1ccc(C#N)cc1NCc1csc(C(C)(C)C)n1. The number of rotatable bonds is 3. The number of benzene rings is 1. The van der Waals surface area contributed by atoms with Gasteiger partial charge in [-0.2, -0.15) is 5.26 Å². The molecule has 0 amide bonds. The quantitative estimate of drug-likeness (QED) is 0.918. The van der Waals surface area contributed by atoms with Gasteiger partial charge < -0.3 is 5.32 Å². The molecule has 0 saturated heterocycles. The van der Waals surface area contributed by atoms with Gasteiger partial charge in [0.05, 0.1) is 28.9 Å². The van der Waals surface area contributed by atoms with Crippen LogP contribution in [0.3, 0.4) is 0 Å². The molecule has 0 fully saturated rings. The summed E-state index contributed by atoms with van der Waals surface area (Å²) in [5, 5.41) is 15.5. The van der Waals surface area contributed by atoms with Crippen LogP contribution >= 0.6 is 11.3 Å². The molecular formula is C16H19N3S. The Morgan fingerprint density at radius 1 is 1.35 bits per heavy atom. The number of aromatic nitrogens is 1. The Labute approximate surface area is 124 Å². The minimum absolute atomic E-state index is 0.0968. The molecule has 0 radical (unpaired) electrons. The van der Waals surface area contributed by atoms with Crippen molar-refractivity contribution in [2.45, 2.75) is 39.7 Å².